The van der Waals surface area contributed by atoms with Crippen molar-refractivity contribution in [3.8, 4) is 0 Å². The van der Waals surface area contributed by atoms with Gasteiger partial charge in [0.2, 0.25) is 10.0 Å². The van der Waals surface area contributed by atoms with E-state index in [1.807, 2.05) is 0 Å². The van der Waals surface area contributed by atoms with Crippen LogP contribution >= 0.6 is 0 Å². The van der Waals surface area contributed by atoms with Crippen LogP contribution in [0, 0.1) is 6.42 Å². The van der Waals surface area contributed by atoms with E-state index in [0.717, 1.165) is 12.8 Å². The smallest absolute Gasteiger partial charge is 0.209 e. The molecule has 0 aliphatic heterocycles. The van der Waals surface area contributed by atoms with Crippen LogP contribution in [0.2, 0.25) is 0 Å². The Morgan fingerprint density at radius 1 is 1.07 bits per heavy atom. The van der Waals surface area contributed by atoms with Gasteiger partial charge in [-0.25, -0.2) is 13.6 Å². The third-order valence-electron chi connectivity index (χ3n) is 2.11. The van der Waals surface area contributed by atoms with Gasteiger partial charge in [-0.3, -0.25) is 0 Å². The van der Waals surface area contributed by atoms with Gasteiger partial charge >= 0.3 is 0 Å². The Morgan fingerprint density at radius 3 is 2.21 bits per heavy atom. The summed E-state index contributed by atoms with van der Waals surface area (Å²) in [5.41, 5.74) is 0. The molecule has 0 saturated heterocycles. The lowest BCUT2D eigenvalue weighted by Crippen LogP contribution is -2.16. The zero-order valence-corrected chi connectivity index (χ0v) is 9.85. The molecule has 2 N–H and O–H groups in total. The number of primary sulfonamides is 1. The van der Waals surface area contributed by atoms with Crippen molar-refractivity contribution in [3.05, 3.63) is 6.42 Å². The lowest BCUT2D eigenvalue weighted by Gasteiger charge is -2.00. The highest BCUT2D eigenvalue weighted by atomic mass is 32.2. The van der Waals surface area contributed by atoms with E-state index < -0.39 is 10.0 Å². The molecule has 0 aliphatic carbocycles. The second-order valence-corrected chi connectivity index (χ2v) is 5.33. The van der Waals surface area contributed by atoms with Crippen molar-refractivity contribution in [1.82, 2.24) is 0 Å². The maximum atomic E-state index is 10.6. The van der Waals surface area contributed by atoms with Crippen LogP contribution in [-0.4, -0.2) is 14.2 Å². The summed E-state index contributed by atoms with van der Waals surface area (Å²) in [7, 11) is -3.28. The van der Waals surface area contributed by atoms with Crippen molar-refractivity contribution in [1.29, 1.82) is 0 Å². The molecule has 3 nitrogen and oxygen atoms in total. The largest absolute Gasteiger partial charge is 0.229 e. The van der Waals surface area contributed by atoms with Crippen LogP contribution in [0.3, 0.4) is 0 Å². The van der Waals surface area contributed by atoms with Crippen molar-refractivity contribution in [2.24, 2.45) is 5.14 Å². The molecular weight excluding hydrogens is 198 g/mol. The van der Waals surface area contributed by atoms with E-state index in [2.05, 4.69) is 6.92 Å². The fourth-order valence-corrected chi connectivity index (χ4v) is 1.81. The van der Waals surface area contributed by atoms with Crippen molar-refractivity contribution in [3.63, 3.8) is 0 Å². The molecule has 0 unspecified atom stereocenters. The van der Waals surface area contributed by atoms with Gasteiger partial charge in [0.25, 0.3) is 0 Å². The average Bonchev–Trinajstić information content (AvgIpc) is 2.08. The van der Waals surface area contributed by atoms with Crippen LogP contribution in [0.15, 0.2) is 0 Å². The lowest BCUT2D eigenvalue weighted by atomic mass is 10.1. The van der Waals surface area contributed by atoms with E-state index in [-0.39, 0.29) is 5.75 Å². The van der Waals surface area contributed by atoms with Crippen molar-refractivity contribution in [2.75, 3.05) is 5.75 Å². The topological polar surface area (TPSA) is 60.2 Å². The molecule has 14 heavy (non-hydrogen) atoms. The molecule has 85 valence electrons. The molecule has 0 rings (SSSR count). The molecule has 0 spiro atoms. The van der Waals surface area contributed by atoms with Crippen LogP contribution in [0.1, 0.15) is 51.9 Å². The van der Waals surface area contributed by atoms with Gasteiger partial charge in [-0.2, -0.15) is 0 Å². The quantitative estimate of drug-likeness (QED) is 0.606. The molecule has 0 aromatic heterocycles. The van der Waals surface area contributed by atoms with E-state index in [1.165, 1.54) is 32.1 Å². The number of unbranched alkanes of at least 4 members (excludes halogenated alkanes) is 7. The van der Waals surface area contributed by atoms with Crippen molar-refractivity contribution in [2.45, 2.75) is 51.9 Å². The second kappa shape index (κ2) is 8.24. The monoisotopic (exact) mass is 220 g/mol. The fourth-order valence-electron chi connectivity index (χ4n) is 1.32. The Bertz CT molecular complexity index is 212. The zero-order chi connectivity index (χ0) is 10.9. The summed E-state index contributed by atoms with van der Waals surface area (Å²) >= 11 is 0. The average molecular weight is 220 g/mol. The van der Waals surface area contributed by atoms with Gasteiger partial charge in [-0.05, 0) is 12.8 Å². The van der Waals surface area contributed by atoms with Crippen LogP contribution in [0.25, 0.3) is 0 Å². The Morgan fingerprint density at radius 2 is 1.64 bits per heavy atom. The van der Waals surface area contributed by atoms with E-state index >= 15 is 0 Å². The fraction of sp³-hybridized carbons (Fsp3) is 0.900. The molecule has 1 radical (unpaired) electrons. The highest BCUT2D eigenvalue weighted by Gasteiger charge is 2.01. The number of hydrogen-bond donors (Lipinski definition) is 1. The summed E-state index contributed by atoms with van der Waals surface area (Å²) in [4.78, 5) is 0. The first-order chi connectivity index (χ1) is 6.56. The van der Waals surface area contributed by atoms with Gasteiger partial charge < -0.3 is 0 Å². The molecule has 0 aromatic carbocycles. The molecule has 0 saturated carbocycles. The van der Waals surface area contributed by atoms with Gasteiger partial charge in [0, 0.05) is 0 Å². The highest BCUT2D eigenvalue weighted by Crippen LogP contribution is 2.07. The number of sulfonamides is 1. The Kier molecular flexibility index (Phi) is 8.18. The minimum Gasteiger partial charge on any atom is -0.229 e. The van der Waals surface area contributed by atoms with Gasteiger partial charge in [-0.1, -0.05) is 45.4 Å². The first-order valence-corrected chi connectivity index (χ1v) is 7.10. The normalized spacial score (nSPS) is 11.9. The third-order valence-corrected chi connectivity index (χ3v) is 2.81. The summed E-state index contributed by atoms with van der Waals surface area (Å²) in [5, 5.41) is 4.86. The Hall–Kier alpha value is -0.0900. The Labute approximate surface area is 88.1 Å². The van der Waals surface area contributed by atoms with Gasteiger partial charge in [0.1, 0.15) is 0 Å². The highest BCUT2D eigenvalue weighted by molar-refractivity contribution is 7.89. The molecule has 0 aliphatic rings. The van der Waals surface area contributed by atoms with Crippen LogP contribution in [0.5, 0.6) is 0 Å². The molecule has 0 aromatic rings. The van der Waals surface area contributed by atoms with Crippen molar-refractivity contribution < 1.29 is 8.42 Å². The molecule has 0 bridgehead atoms. The molecular formula is C10H22NO2S. The third kappa shape index (κ3) is 11.9. The second-order valence-electron chi connectivity index (χ2n) is 3.67. The maximum Gasteiger partial charge on any atom is 0.209 e. The maximum absolute atomic E-state index is 10.6. The van der Waals surface area contributed by atoms with Crippen molar-refractivity contribution >= 4 is 10.0 Å². The van der Waals surface area contributed by atoms with Gasteiger partial charge in [0.05, 0.1) is 5.75 Å². The summed E-state index contributed by atoms with van der Waals surface area (Å²) < 4.78 is 21.1. The Balaban J connectivity index is 3.07. The summed E-state index contributed by atoms with van der Waals surface area (Å²) in [6, 6.07) is 0. The zero-order valence-electron chi connectivity index (χ0n) is 9.04. The number of nitrogens with two attached hydrogens (primary N) is 1. The van der Waals surface area contributed by atoms with E-state index in [0.29, 0.717) is 0 Å². The summed E-state index contributed by atoms with van der Waals surface area (Å²) in [5.74, 6) is 0.0158. The van der Waals surface area contributed by atoms with Crippen LogP contribution < -0.4 is 5.14 Å². The van der Waals surface area contributed by atoms with E-state index in [9.17, 15) is 8.42 Å². The molecule has 0 atom stereocenters. The minimum absolute atomic E-state index is 0.0158. The minimum atomic E-state index is -3.28. The van der Waals surface area contributed by atoms with E-state index in [4.69, 9.17) is 5.14 Å². The number of rotatable bonds is 9. The van der Waals surface area contributed by atoms with Gasteiger partial charge in [0.15, 0.2) is 0 Å². The predicted molar refractivity (Wildman–Crippen MR) is 60.3 cm³/mol. The van der Waals surface area contributed by atoms with Gasteiger partial charge in [-0.15, -0.1) is 0 Å². The lowest BCUT2D eigenvalue weighted by molar-refractivity contribution is 0.593. The van der Waals surface area contributed by atoms with Crippen LogP contribution in [0.4, 0.5) is 0 Å². The summed E-state index contributed by atoms with van der Waals surface area (Å²) in [6.07, 6.45) is 10.0. The van der Waals surface area contributed by atoms with Crippen LogP contribution in [-0.2, 0) is 10.0 Å². The number of hydrogen-bond acceptors (Lipinski definition) is 2. The SMILES string of the molecule is CCCCCCCC[CH]CS(N)(=O)=O. The standard InChI is InChI=1S/C10H22NO2S/c1-2-3-4-5-6-7-8-9-10-14(11,12)13/h9H,2-8,10H2,1H3,(H2,11,12,13). The molecule has 4 heteroatoms. The van der Waals surface area contributed by atoms with E-state index in [1.54, 1.807) is 6.42 Å². The molecule has 0 fully saturated rings. The molecule has 0 amide bonds. The predicted octanol–water partition coefficient (Wildman–Crippen LogP) is 2.23. The summed E-state index contributed by atoms with van der Waals surface area (Å²) in [6.45, 7) is 2.19. The first kappa shape index (κ1) is 13.9. The first-order valence-electron chi connectivity index (χ1n) is 5.38. The molecule has 0 heterocycles.